The van der Waals surface area contributed by atoms with Gasteiger partial charge in [-0.2, -0.15) is 0 Å². The van der Waals surface area contributed by atoms with E-state index in [-0.39, 0.29) is 6.42 Å². The number of aromatic nitrogens is 2. The number of hydrogen-bond acceptors (Lipinski definition) is 2. The van der Waals surface area contributed by atoms with Crippen LogP contribution in [-0.4, -0.2) is 20.5 Å². The minimum atomic E-state index is -0.847. The van der Waals surface area contributed by atoms with Gasteiger partial charge in [0, 0.05) is 6.20 Å². The van der Waals surface area contributed by atoms with Crippen molar-refractivity contribution in [2.45, 2.75) is 6.42 Å². The smallest absolute Gasteiger partial charge is 0.307 e. The van der Waals surface area contributed by atoms with Gasteiger partial charge in [-0.25, -0.2) is 4.98 Å². The molecule has 14 heavy (non-hydrogen) atoms. The number of nitrogens with zero attached hydrogens (tertiary/aromatic N) is 2. The Morgan fingerprint density at radius 2 is 2.43 bits per heavy atom. The monoisotopic (exact) mass is 210 g/mol. The second-order valence-corrected chi connectivity index (χ2v) is 3.27. The van der Waals surface area contributed by atoms with Gasteiger partial charge in [-0.3, -0.25) is 9.20 Å². The maximum Gasteiger partial charge on any atom is 0.307 e. The maximum absolute atomic E-state index is 10.5. The van der Waals surface area contributed by atoms with E-state index >= 15 is 0 Å². The molecule has 0 aliphatic rings. The molecule has 0 radical (unpaired) electrons. The van der Waals surface area contributed by atoms with E-state index in [0.717, 1.165) is 11.1 Å². The first-order valence-corrected chi connectivity index (χ1v) is 4.38. The van der Waals surface area contributed by atoms with Crippen molar-refractivity contribution in [2.24, 2.45) is 0 Å². The van der Waals surface area contributed by atoms with Crippen LogP contribution in [0.4, 0.5) is 0 Å². The van der Waals surface area contributed by atoms with Crippen LogP contribution in [-0.2, 0) is 11.2 Å². The van der Waals surface area contributed by atoms with Gasteiger partial charge in [0.15, 0.2) is 0 Å². The van der Waals surface area contributed by atoms with E-state index in [1.54, 1.807) is 28.9 Å². The molecular weight excluding hydrogens is 204 g/mol. The molecule has 0 saturated heterocycles. The Morgan fingerprint density at radius 1 is 1.64 bits per heavy atom. The first-order chi connectivity index (χ1) is 6.66. The van der Waals surface area contributed by atoms with Crippen molar-refractivity contribution in [2.75, 3.05) is 0 Å². The Morgan fingerprint density at radius 3 is 3.14 bits per heavy atom. The van der Waals surface area contributed by atoms with Gasteiger partial charge in [0.05, 0.1) is 18.1 Å². The predicted molar refractivity (Wildman–Crippen MR) is 51.5 cm³/mol. The summed E-state index contributed by atoms with van der Waals surface area (Å²) in [6, 6.07) is 3.47. The average molecular weight is 211 g/mol. The minimum absolute atomic E-state index is 0.0132. The molecule has 2 rings (SSSR count). The number of rotatable bonds is 2. The summed E-state index contributed by atoms with van der Waals surface area (Å²) in [5, 5.41) is 8.97. The second kappa shape index (κ2) is 3.31. The summed E-state index contributed by atoms with van der Waals surface area (Å²) in [5.74, 6) is -0.847. The molecule has 4 nitrogen and oxygen atoms in total. The van der Waals surface area contributed by atoms with Crippen LogP contribution in [0.3, 0.4) is 0 Å². The van der Waals surface area contributed by atoms with E-state index in [4.69, 9.17) is 16.7 Å². The number of halogens is 1. The SMILES string of the molecule is O=C(O)Cc1ccn2c(Cl)ncc2c1. The Labute approximate surface area is 84.8 Å². The average Bonchev–Trinajstić information content (AvgIpc) is 2.46. The van der Waals surface area contributed by atoms with Gasteiger partial charge in [0.25, 0.3) is 0 Å². The summed E-state index contributed by atoms with van der Waals surface area (Å²) in [4.78, 5) is 14.4. The number of carbonyl (C=O) groups is 1. The highest BCUT2D eigenvalue weighted by Gasteiger charge is 2.04. The lowest BCUT2D eigenvalue weighted by Crippen LogP contribution is -2.00. The Hall–Kier alpha value is -1.55. The Balaban J connectivity index is 2.46. The molecule has 0 saturated carbocycles. The minimum Gasteiger partial charge on any atom is -0.481 e. The summed E-state index contributed by atoms with van der Waals surface area (Å²) < 4.78 is 1.69. The molecule has 0 fully saturated rings. The van der Waals surface area contributed by atoms with Gasteiger partial charge in [0.2, 0.25) is 5.28 Å². The van der Waals surface area contributed by atoms with Crippen molar-refractivity contribution in [3.8, 4) is 0 Å². The van der Waals surface area contributed by atoms with Crippen molar-refractivity contribution >= 4 is 23.1 Å². The summed E-state index contributed by atoms with van der Waals surface area (Å²) >= 11 is 5.77. The molecular formula is C9H7ClN2O2. The lowest BCUT2D eigenvalue weighted by molar-refractivity contribution is -0.136. The number of pyridine rings is 1. The van der Waals surface area contributed by atoms with Crippen molar-refractivity contribution in [3.05, 3.63) is 35.4 Å². The molecule has 0 aromatic carbocycles. The second-order valence-electron chi connectivity index (χ2n) is 2.93. The zero-order valence-electron chi connectivity index (χ0n) is 7.14. The number of hydrogen-bond donors (Lipinski definition) is 1. The molecule has 0 atom stereocenters. The van der Waals surface area contributed by atoms with E-state index < -0.39 is 5.97 Å². The highest BCUT2D eigenvalue weighted by molar-refractivity contribution is 6.28. The van der Waals surface area contributed by atoms with Crippen LogP contribution in [0.1, 0.15) is 5.56 Å². The summed E-state index contributed by atoms with van der Waals surface area (Å²) in [5.41, 5.74) is 1.54. The largest absolute Gasteiger partial charge is 0.481 e. The third-order valence-corrected chi connectivity index (χ3v) is 2.19. The molecule has 2 heterocycles. The van der Waals surface area contributed by atoms with Crippen LogP contribution >= 0.6 is 11.6 Å². The zero-order valence-corrected chi connectivity index (χ0v) is 7.90. The first-order valence-electron chi connectivity index (χ1n) is 4.00. The van der Waals surface area contributed by atoms with Gasteiger partial charge in [-0.1, -0.05) is 0 Å². The molecule has 72 valence electrons. The number of carboxylic acids is 1. The number of carboxylic acid groups (broad SMARTS) is 1. The predicted octanol–water partition coefficient (Wildman–Crippen LogP) is 1.61. The molecule has 0 bridgehead atoms. The summed E-state index contributed by atoms with van der Waals surface area (Å²) in [6.07, 6.45) is 3.33. The topological polar surface area (TPSA) is 54.6 Å². The van der Waals surface area contributed by atoms with Gasteiger partial charge in [-0.05, 0) is 29.3 Å². The fourth-order valence-corrected chi connectivity index (χ4v) is 1.50. The van der Waals surface area contributed by atoms with Crippen molar-refractivity contribution in [1.29, 1.82) is 0 Å². The van der Waals surface area contributed by atoms with Crippen LogP contribution in [0, 0.1) is 0 Å². The number of fused-ring (bicyclic) bond motifs is 1. The van der Waals surface area contributed by atoms with Crippen molar-refractivity contribution < 1.29 is 9.90 Å². The van der Waals surface area contributed by atoms with Crippen LogP contribution in [0.15, 0.2) is 24.5 Å². The van der Waals surface area contributed by atoms with E-state index in [9.17, 15) is 4.79 Å². The lowest BCUT2D eigenvalue weighted by Gasteiger charge is -1.98. The quantitative estimate of drug-likeness (QED) is 0.820. The molecule has 0 amide bonds. The number of imidazole rings is 1. The molecule has 2 aromatic heterocycles. The fraction of sp³-hybridized carbons (Fsp3) is 0.111. The fourth-order valence-electron chi connectivity index (χ4n) is 1.30. The van der Waals surface area contributed by atoms with Crippen LogP contribution in [0.5, 0.6) is 0 Å². The maximum atomic E-state index is 10.5. The highest BCUT2D eigenvalue weighted by atomic mass is 35.5. The number of aliphatic carboxylic acids is 1. The van der Waals surface area contributed by atoms with Gasteiger partial charge in [-0.15, -0.1) is 0 Å². The Bertz CT molecular complexity index is 493. The molecule has 0 aliphatic heterocycles. The molecule has 5 heteroatoms. The highest BCUT2D eigenvalue weighted by Crippen LogP contribution is 2.13. The summed E-state index contributed by atoms with van der Waals surface area (Å²) in [7, 11) is 0. The van der Waals surface area contributed by atoms with Gasteiger partial charge in [0.1, 0.15) is 0 Å². The summed E-state index contributed by atoms with van der Waals surface area (Å²) in [6.45, 7) is 0. The van der Waals surface area contributed by atoms with Crippen LogP contribution in [0.2, 0.25) is 5.28 Å². The molecule has 2 aromatic rings. The first kappa shape index (κ1) is 9.02. The standard InChI is InChI=1S/C9H7ClN2O2/c10-9-11-5-7-3-6(4-8(13)14)1-2-12(7)9/h1-3,5H,4H2,(H,13,14). The van der Waals surface area contributed by atoms with Gasteiger partial charge >= 0.3 is 5.97 Å². The third-order valence-electron chi connectivity index (χ3n) is 1.91. The van der Waals surface area contributed by atoms with Gasteiger partial charge < -0.3 is 5.11 Å². The lowest BCUT2D eigenvalue weighted by atomic mass is 10.2. The van der Waals surface area contributed by atoms with E-state index in [1.807, 2.05) is 0 Å². The van der Waals surface area contributed by atoms with Crippen LogP contribution < -0.4 is 0 Å². The Kier molecular flexibility index (Phi) is 2.13. The third kappa shape index (κ3) is 1.56. The zero-order chi connectivity index (χ0) is 10.1. The normalized spacial score (nSPS) is 10.6. The molecule has 1 N–H and O–H groups in total. The molecule has 0 aliphatic carbocycles. The van der Waals surface area contributed by atoms with Crippen LogP contribution in [0.25, 0.3) is 5.52 Å². The molecule has 0 spiro atoms. The molecule has 0 unspecified atom stereocenters. The van der Waals surface area contributed by atoms with E-state index in [1.165, 1.54) is 0 Å². The van der Waals surface area contributed by atoms with Crippen molar-refractivity contribution in [3.63, 3.8) is 0 Å². The van der Waals surface area contributed by atoms with Crippen molar-refractivity contribution in [1.82, 2.24) is 9.38 Å². The van der Waals surface area contributed by atoms with E-state index in [0.29, 0.717) is 5.28 Å². The van der Waals surface area contributed by atoms with E-state index in [2.05, 4.69) is 4.98 Å².